The number of methoxy groups -OCH3 is 2. The van der Waals surface area contributed by atoms with Crippen LogP contribution < -0.4 is 9.64 Å². The molecule has 4 aliphatic rings. The zero-order chi connectivity index (χ0) is 19.6. The minimum Gasteiger partial charge on any atom is -0.467 e. The molecular weight excluding hydrogens is 364 g/mol. The Morgan fingerprint density at radius 1 is 1.14 bits per heavy atom. The molecule has 2 saturated carbocycles. The van der Waals surface area contributed by atoms with Gasteiger partial charge in [-0.05, 0) is 24.8 Å². The van der Waals surface area contributed by atoms with Crippen LogP contribution in [0.5, 0.6) is 6.01 Å². The van der Waals surface area contributed by atoms with Crippen molar-refractivity contribution in [2.24, 2.45) is 5.92 Å². The Balaban J connectivity index is 1.32. The van der Waals surface area contributed by atoms with E-state index in [-0.39, 0.29) is 5.60 Å². The summed E-state index contributed by atoms with van der Waals surface area (Å²) >= 11 is 0. The van der Waals surface area contributed by atoms with Crippen LogP contribution >= 0.6 is 0 Å². The number of fused-ring (bicyclic) bond motifs is 2. The number of rotatable bonds is 5. The Morgan fingerprint density at radius 2 is 2.00 bits per heavy atom. The highest BCUT2D eigenvalue weighted by Gasteiger charge is 2.69. The Morgan fingerprint density at radius 3 is 2.72 bits per heavy atom. The molecule has 1 saturated heterocycles. The van der Waals surface area contributed by atoms with Crippen molar-refractivity contribution >= 4 is 5.82 Å². The van der Waals surface area contributed by atoms with Gasteiger partial charge < -0.3 is 14.4 Å². The van der Waals surface area contributed by atoms with E-state index in [1.165, 1.54) is 17.5 Å². The third-order valence-corrected chi connectivity index (χ3v) is 7.73. The minimum atomic E-state index is 0.141. The van der Waals surface area contributed by atoms with Gasteiger partial charge >= 0.3 is 6.01 Å². The number of hydrogen-bond acceptors (Lipinski definition) is 6. The third kappa shape index (κ3) is 2.55. The number of hydrogen-bond donors (Lipinski definition) is 0. The normalized spacial score (nSPS) is 32.2. The highest BCUT2D eigenvalue weighted by atomic mass is 16.5. The van der Waals surface area contributed by atoms with Crippen molar-refractivity contribution < 1.29 is 9.47 Å². The van der Waals surface area contributed by atoms with E-state index in [0.717, 1.165) is 50.4 Å². The van der Waals surface area contributed by atoms with Gasteiger partial charge in [0.1, 0.15) is 5.82 Å². The lowest BCUT2D eigenvalue weighted by atomic mass is 9.66. The highest BCUT2D eigenvalue weighted by Crippen LogP contribution is 2.63. The standard InChI is InChI=1S/C23H28N4O2/c1-28-22-24-19-8-9-26(13-15-6-4-3-5-7-15)14-17(19)21(25-22)27-16-10-18-20(27)12-23(18,11-16)29-2/h3-7,16,18,20H,8-14H2,1-2H3/t16-,18?,20-,23-/m0/s1. The predicted molar refractivity (Wildman–Crippen MR) is 110 cm³/mol. The van der Waals surface area contributed by atoms with Crippen LogP contribution in [0.3, 0.4) is 0 Å². The van der Waals surface area contributed by atoms with Crippen molar-refractivity contribution in [3.05, 3.63) is 47.2 Å². The molecule has 0 amide bonds. The molecule has 2 bridgehead atoms. The summed E-state index contributed by atoms with van der Waals surface area (Å²) in [6, 6.07) is 12.3. The molecule has 1 aromatic heterocycles. The summed E-state index contributed by atoms with van der Waals surface area (Å²) < 4.78 is 11.4. The van der Waals surface area contributed by atoms with Gasteiger partial charge in [-0.1, -0.05) is 30.3 Å². The fourth-order valence-electron chi connectivity index (χ4n) is 6.35. The Hall–Kier alpha value is -2.18. The van der Waals surface area contributed by atoms with Crippen molar-refractivity contribution in [3.8, 4) is 6.01 Å². The highest BCUT2D eigenvalue weighted by molar-refractivity contribution is 5.57. The summed E-state index contributed by atoms with van der Waals surface area (Å²) in [4.78, 5) is 14.7. The maximum atomic E-state index is 5.93. The predicted octanol–water partition coefficient (Wildman–Crippen LogP) is 2.80. The molecule has 6 heteroatoms. The maximum Gasteiger partial charge on any atom is 0.318 e. The second-order valence-corrected chi connectivity index (χ2v) is 9.05. The second kappa shape index (κ2) is 6.41. The topological polar surface area (TPSA) is 50.7 Å². The van der Waals surface area contributed by atoms with Crippen LogP contribution in [0.1, 0.15) is 36.1 Å². The number of anilines is 1. The minimum absolute atomic E-state index is 0.141. The molecule has 0 radical (unpaired) electrons. The molecule has 1 aromatic carbocycles. The Kier molecular flexibility index (Phi) is 3.90. The van der Waals surface area contributed by atoms with Crippen molar-refractivity contribution in [1.29, 1.82) is 0 Å². The first-order valence-corrected chi connectivity index (χ1v) is 10.7. The number of benzene rings is 1. The fraction of sp³-hybridized carbons (Fsp3) is 0.565. The quantitative estimate of drug-likeness (QED) is 0.780. The molecule has 0 N–H and O–H groups in total. The average Bonchev–Trinajstić information content (AvgIpc) is 3.21. The van der Waals surface area contributed by atoms with Crippen molar-refractivity contribution in [3.63, 3.8) is 0 Å². The molecule has 2 aliphatic carbocycles. The van der Waals surface area contributed by atoms with E-state index in [1.807, 2.05) is 7.11 Å². The molecule has 3 heterocycles. The Labute approximate surface area is 171 Å². The van der Waals surface area contributed by atoms with Gasteiger partial charge in [0.25, 0.3) is 0 Å². The van der Waals surface area contributed by atoms with Crippen LogP contribution in [0, 0.1) is 5.92 Å². The van der Waals surface area contributed by atoms with Gasteiger partial charge in [-0.25, -0.2) is 0 Å². The zero-order valence-corrected chi connectivity index (χ0v) is 17.2. The smallest absolute Gasteiger partial charge is 0.318 e. The number of ether oxygens (including phenoxy) is 2. The molecule has 152 valence electrons. The monoisotopic (exact) mass is 392 g/mol. The van der Waals surface area contributed by atoms with Crippen LogP contribution in [-0.2, 0) is 24.2 Å². The lowest BCUT2D eigenvalue weighted by molar-refractivity contribution is -0.127. The van der Waals surface area contributed by atoms with Gasteiger partial charge in [0.2, 0.25) is 0 Å². The third-order valence-electron chi connectivity index (χ3n) is 7.73. The molecular formula is C23H28N4O2. The number of nitrogens with zero attached hydrogens (tertiary/aromatic N) is 4. The molecule has 2 aromatic rings. The van der Waals surface area contributed by atoms with E-state index in [0.29, 0.717) is 24.0 Å². The Bertz CT molecular complexity index is 934. The van der Waals surface area contributed by atoms with Crippen LogP contribution in [0.15, 0.2) is 30.3 Å². The summed E-state index contributed by atoms with van der Waals surface area (Å²) in [6.45, 7) is 2.89. The first-order chi connectivity index (χ1) is 14.2. The van der Waals surface area contributed by atoms with Gasteiger partial charge in [0.05, 0.1) is 18.4 Å². The maximum absolute atomic E-state index is 5.93. The van der Waals surface area contributed by atoms with Crippen molar-refractivity contribution in [1.82, 2.24) is 14.9 Å². The molecule has 29 heavy (non-hydrogen) atoms. The van der Waals surface area contributed by atoms with Gasteiger partial charge in [0.15, 0.2) is 0 Å². The van der Waals surface area contributed by atoms with Crippen molar-refractivity contribution in [2.75, 3.05) is 25.7 Å². The molecule has 6 nitrogen and oxygen atoms in total. The molecule has 3 fully saturated rings. The van der Waals surface area contributed by atoms with E-state index >= 15 is 0 Å². The zero-order valence-electron chi connectivity index (χ0n) is 17.2. The summed E-state index contributed by atoms with van der Waals surface area (Å²) in [7, 11) is 3.56. The fourth-order valence-corrected chi connectivity index (χ4v) is 6.35. The van der Waals surface area contributed by atoms with Gasteiger partial charge in [-0.3, -0.25) is 4.90 Å². The first kappa shape index (κ1) is 17.7. The second-order valence-electron chi connectivity index (χ2n) is 9.05. The molecule has 2 aliphatic heterocycles. The summed E-state index contributed by atoms with van der Waals surface area (Å²) in [5.74, 6) is 1.77. The van der Waals surface area contributed by atoms with Gasteiger partial charge in [-0.15, -0.1) is 0 Å². The van der Waals surface area contributed by atoms with Crippen LogP contribution in [0.25, 0.3) is 0 Å². The first-order valence-electron chi connectivity index (χ1n) is 10.7. The molecule has 4 atom stereocenters. The van der Waals surface area contributed by atoms with Crippen LogP contribution in [-0.4, -0.2) is 53.3 Å². The lowest BCUT2D eigenvalue weighted by Crippen LogP contribution is -2.65. The lowest BCUT2D eigenvalue weighted by Gasteiger charge is -2.57. The molecule has 0 spiro atoms. The average molecular weight is 393 g/mol. The number of piperidine rings is 2. The summed E-state index contributed by atoms with van der Waals surface area (Å²) in [5, 5.41) is 0. The largest absolute Gasteiger partial charge is 0.467 e. The molecule has 6 rings (SSSR count). The van der Waals surface area contributed by atoms with Gasteiger partial charge in [0, 0.05) is 56.7 Å². The van der Waals surface area contributed by atoms with E-state index in [4.69, 9.17) is 19.4 Å². The van der Waals surface area contributed by atoms with E-state index in [9.17, 15) is 0 Å². The van der Waals surface area contributed by atoms with Crippen molar-refractivity contribution in [2.45, 2.75) is 56.5 Å². The van der Waals surface area contributed by atoms with E-state index in [2.05, 4.69) is 40.1 Å². The summed E-state index contributed by atoms with van der Waals surface area (Å²) in [5.41, 5.74) is 3.96. The van der Waals surface area contributed by atoms with Crippen LogP contribution in [0.4, 0.5) is 5.82 Å². The van der Waals surface area contributed by atoms with E-state index < -0.39 is 0 Å². The van der Waals surface area contributed by atoms with Crippen LogP contribution in [0.2, 0.25) is 0 Å². The SMILES string of the molecule is COc1nc2c(c(N3[C@H]4CC5[C@@H]3C[C@@]5(OC)C4)n1)CN(Cc1ccccc1)CC2. The number of aromatic nitrogens is 2. The summed E-state index contributed by atoms with van der Waals surface area (Å²) in [6.07, 6.45) is 4.43. The van der Waals surface area contributed by atoms with Gasteiger partial charge in [-0.2, -0.15) is 9.97 Å². The molecule has 1 unspecified atom stereocenters. The van der Waals surface area contributed by atoms with E-state index in [1.54, 1.807) is 7.11 Å².